The zero-order chi connectivity index (χ0) is 16.4. The monoisotopic (exact) mass is 322 g/mol. The lowest BCUT2D eigenvalue weighted by molar-refractivity contribution is -0.152. The summed E-state index contributed by atoms with van der Waals surface area (Å²) in [5.74, 6) is -0.929. The first-order valence-corrected chi connectivity index (χ1v) is 7.72. The molecule has 0 bridgehead atoms. The molecule has 0 fully saturated rings. The number of rotatable bonds is 1. The van der Waals surface area contributed by atoms with Crippen LogP contribution in [-0.4, -0.2) is 23.1 Å². The second kappa shape index (κ2) is 4.77. The molecule has 6 heteroatoms. The van der Waals surface area contributed by atoms with E-state index < -0.39 is 11.9 Å². The van der Waals surface area contributed by atoms with Crippen LogP contribution in [0.5, 0.6) is 0 Å². The zero-order valence-corrected chi connectivity index (χ0v) is 13.0. The first-order chi connectivity index (χ1) is 10.9. The molecule has 0 saturated carbocycles. The lowest BCUT2D eigenvalue weighted by Crippen LogP contribution is -2.27. The molecule has 0 aliphatic carbocycles. The summed E-state index contributed by atoms with van der Waals surface area (Å²) in [5.41, 5.74) is 3.67. The molecule has 0 unspecified atom stereocenters. The first kappa shape index (κ1) is 14.6. The Morgan fingerprint density at radius 2 is 2.04 bits per heavy atom. The number of halogens is 3. The molecule has 1 aromatic carbocycles. The quantitative estimate of drug-likeness (QED) is 0.661. The van der Waals surface area contributed by atoms with Gasteiger partial charge in [-0.1, -0.05) is 0 Å². The summed E-state index contributed by atoms with van der Waals surface area (Å²) in [7, 11) is 2.04. The van der Waals surface area contributed by atoms with Gasteiger partial charge in [0.05, 0.1) is 0 Å². The summed E-state index contributed by atoms with van der Waals surface area (Å²) in [5, 5.41) is 1.47. The van der Waals surface area contributed by atoms with Gasteiger partial charge in [0.25, 0.3) is 0 Å². The molecular formula is C17H17F3N2O. The molecule has 1 aliphatic rings. The molecule has 3 nitrogen and oxygen atoms in total. The number of hydrogen-bond acceptors (Lipinski definition) is 2. The van der Waals surface area contributed by atoms with E-state index in [1.165, 1.54) is 5.69 Å². The van der Waals surface area contributed by atoms with Crippen molar-refractivity contribution in [2.45, 2.75) is 32.6 Å². The SMILES string of the molecule is CCn1c2c(c3c4cc(C(F)(F)F)oc4ccc31)CN(C)CC2. The average Bonchev–Trinajstić information content (AvgIpc) is 3.04. The van der Waals surface area contributed by atoms with Crippen molar-refractivity contribution >= 4 is 21.9 Å². The normalized spacial score (nSPS) is 16.4. The van der Waals surface area contributed by atoms with Crippen LogP contribution < -0.4 is 0 Å². The molecule has 3 aromatic rings. The van der Waals surface area contributed by atoms with Crippen molar-refractivity contribution in [1.29, 1.82) is 0 Å². The largest absolute Gasteiger partial charge is 0.451 e. The number of alkyl halides is 3. The van der Waals surface area contributed by atoms with Crippen molar-refractivity contribution in [3.63, 3.8) is 0 Å². The third-order valence-corrected chi connectivity index (χ3v) is 4.70. The van der Waals surface area contributed by atoms with Gasteiger partial charge in [-0.15, -0.1) is 0 Å². The Bertz CT molecular complexity index is 904. The zero-order valence-electron chi connectivity index (χ0n) is 13.0. The Morgan fingerprint density at radius 1 is 1.26 bits per heavy atom. The maximum atomic E-state index is 13.0. The highest BCUT2D eigenvalue weighted by molar-refractivity contribution is 6.08. The Morgan fingerprint density at radius 3 is 2.74 bits per heavy atom. The van der Waals surface area contributed by atoms with E-state index in [-0.39, 0.29) is 0 Å². The third-order valence-electron chi connectivity index (χ3n) is 4.70. The predicted molar refractivity (Wildman–Crippen MR) is 82.4 cm³/mol. The van der Waals surface area contributed by atoms with Gasteiger partial charge >= 0.3 is 6.18 Å². The summed E-state index contributed by atoms with van der Waals surface area (Å²) in [6, 6.07) is 4.67. The highest BCUT2D eigenvalue weighted by Crippen LogP contribution is 2.40. The van der Waals surface area contributed by atoms with E-state index >= 15 is 0 Å². The highest BCUT2D eigenvalue weighted by Gasteiger charge is 2.36. The van der Waals surface area contributed by atoms with Gasteiger partial charge in [-0.2, -0.15) is 13.2 Å². The number of furan rings is 1. The van der Waals surface area contributed by atoms with E-state index in [4.69, 9.17) is 4.42 Å². The van der Waals surface area contributed by atoms with Gasteiger partial charge in [-0.3, -0.25) is 0 Å². The van der Waals surface area contributed by atoms with Crippen LogP contribution in [0.3, 0.4) is 0 Å². The smallest absolute Gasteiger partial charge is 0.449 e. The first-order valence-electron chi connectivity index (χ1n) is 7.72. The number of hydrogen-bond donors (Lipinski definition) is 0. The summed E-state index contributed by atoms with van der Waals surface area (Å²) in [6.45, 7) is 4.60. The maximum Gasteiger partial charge on any atom is 0.449 e. The van der Waals surface area contributed by atoms with Crippen LogP contribution in [0.15, 0.2) is 22.6 Å². The second-order valence-electron chi connectivity index (χ2n) is 6.14. The minimum absolute atomic E-state index is 0.300. The molecule has 0 radical (unpaired) electrons. The lowest BCUT2D eigenvalue weighted by Gasteiger charge is -2.24. The van der Waals surface area contributed by atoms with Crippen molar-refractivity contribution in [2.75, 3.05) is 13.6 Å². The number of aromatic nitrogens is 1. The van der Waals surface area contributed by atoms with E-state index in [0.717, 1.165) is 48.6 Å². The Balaban J connectivity index is 2.09. The molecule has 23 heavy (non-hydrogen) atoms. The topological polar surface area (TPSA) is 21.3 Å². The minimum atomic E-state index is -4.46. The van der Waals surface area contributed by atoms with Crippen molar-refractivity contribution in [3.8, 4) is 0 Å². The summed E-state index contributed by atoms with van der Waals surface area (Å²) < 4.78 is 46.2. The van der Waals surface area contributed by atoms with Crippen LogP contribution in [0.4, 0.5) is 13.2 Å². The van der Waals surface area contributed by atoms with Crippen LogP contribution in [0.25, 0.3) is 21.9 Å². The fourth-order valence-electron chi connectivity index (χ4n) is 3.70. The molecule has 2 aromatic heterocycles. The predicted octanol–water partition coefficient (Wildman–Crippen LogP) is 4.41. The maximum absolute atomic E-state index is 13.0. The number of benzene rings is 1. The minimum Gasteiger partial charge on any atom is -0.451 e. The van der Waals surface area contributed by atoms with Gasteiger partial charge in [-0.05, 0) is 37.7 Å². The van der Waals surface area contributed by atoms with Gasteiger partial charge in [0.2, 0.25) is 5.76 Å². The third kappa shape index (κ3) is 2.08. The van der Waals surface area contributed by atoms with Crippen molar-refractivity contribution < 1.29 is 17.6 Å². The summed E-state index contributed by atoms with van der Waals surface area (Å²) >= 11 is 0. The molecule has 0 N–H and O–H groups in total. The number of fused-ring (bicyclic) bond motifs is 5. The van der Waals surface area contributed by atoms with Gasteiger partial charge in [-0.25, -0.2) is 0 Å². The summed E-state index contributed by atoms with van der Waals surface area (Å²) in [4.78, 5) is 2.20. The highest BCUT2D eigenvalue weighted by atomic mass is 19.4. The van der Waals surface area contributed by atoms with Gasteiger partial charge in [0, 0.05) is 48.0 Å². The molecular weight excluding hydrogens is 305 g/mol. The number of aryl methyl sites for hydroxylation is 1. The van der Waals surface area contributed by atoms with Crippen molar-refractivity contribution in [2.24, 2.45) is 0 Å². The van der Waals surface area contributed by atoms with Crippen LogP contribution in [0.2, 0.25) is 0 Å². The Hall–Kier alpha value is -1.95. The Kier molecular flexibility index (Phi) is 3.04. The molecule has 0 atom stereocenters. The number of likely N-dealkylation sites (N-methyl/N-ethyl adjacent to an activating group) is 1. The van der Waals surface area contributed by atoms with Gasteiger partial charge in [0.1, 0.15) is 5.58 Å². The number of nitrogens with zero attached hydrogens (tertiary/aromatic N) is 2. The second-order valence-corrected chi connectivity index (χ2v) is 6.14. The molecule has 0 saturated heterocycles. The van der Waals surface area contributed by atoms with E-state index in [9.17, 15) is 13.2 Å². The standard InChI is InChI=1S/C17H17F3N2O/c1-3-22-12-6-7-21(2)9-11(12)16-10-8-15(17(18,19)20)23-14(10)5-4-13(16)22/h4-5,8H,3,6-7,9H2,1-2H3. The fraction of sp³-hybridized carbons (Fsp3) is 0.412. The van der Waals surface area contributed by atoms with Gasteiger partial charge in [0.15, 0.2) is 0 Å². The average molecular weight is 322 g/mol. The van der Waals surface area contributed by atoms with Gasteiger partial charge < -0.3 is 13.9 Å². The molecule has 0 amide bonds. The van der Waals surface area contributed by atoms with E-state index in [2.05, 4.69) is 16.4 Å². The van der Waals surface area contributed by atoms with Crippen LogP contribution in [0.1, 0.15) is 23.9 Å². The summed E-state index contributed by atoms with van der Waals surface area (Å²) in [6.07, 6.45) is -3.55. The molecule has 0 spiro atoms. The van der Waals surface area contributed by atoms with E-state index in [1.54, 1.807) is 6.07 Å². The van der Waals surface area contributed by atoms with E-state index in [0.29, 0.717) is 11.0 Å². The fourth-order valence-corrected chi connectivity index (χ4v) is 3.70. The Labute approximate surface area is 131 Å². The molecule has 1 aliphatic heterocycles. The van der Waals surface area contributed by atoms with Crippen molar-refractivity contribution in [3.05, 3.63) is 35.2 Å². The van der Waals surface area contributed by atoms with Crippen LogP contribution >= 0.6 is 0 Å². The van der Waals surface area contributed by atoms with Crippen LogP contribution in [0, 0.1) is 0 Å². The molecule has 122 valence electrons. The van der Waals surface area contributed by atoms with Crippen LogP contribution in [-0.2, 0) is 25.7 Å². The molecule has 3 heterocycles. The van der Waals surface area contributed by atoms with E-state index in [1.807, 2.05) is 13.1 Å². The lowest BCUT2D eigenvalue weighted by atomic mass is 10.0. The molecule has 4 rings (SSSR count). The van der Waals surface area contributed by atoms with Crippen molar-refractivity contribution in [1.82, 2.24) is 9.47 Å².